The van der Waals surface area contributed by atoms with Crippen molar-refractivity contribution in [2.24, 2.45) is 5.92 Å². The number of hydrogen-bond acceptors (Lipinski definition) is 3. The number of rotatable bonds is 2. The fourth-order valence-corrected chi connectivity index (χ4v) is 5.33. The third-order valence-electron chi connectivity index (χ3n) is 5.18. The topological polar surface area (TPSA) is 26.3 Å². The molecule has 0 radical (unpaired) electrons. The Morgan fingerprint density at radius 2 is 2.04 bits per heavy atom. The van der Waals surface area contributed by atoms with Gasteiger partial charge in [-0.15, -0.1) is 11.8 Å². The highest BCUT2D eigenvalue weighted by molar-refractivity contribution is 7.99. The van der Waals surface area contributed by atoms with E-state index in [9.17, 15) is 4.79 Å². The Balaban J connectivity index is 2.13. The molecule has 0 saturated carbocycles. The van der Waals surface area contributed by atoms with Gasteiger partial charge in [0, 0.05) is 23.0 Å². The number of carbonyl (C=O) groups is 1. The average Bonchev–Trinajstić information content (AvgIpc) is 2.98. The summed E-state index contributed by atoms with van der Waals surface area (Å²) in [7, 11) is 0. The lowest BCUT2D eigenvalue weighted by Crippen LogP contribution is -2.27. The van der Waals surface area contributed by atoms with Crippen LogP contribution in [0.5, 0.6) is 0 Å². The maximum Gasteiger partial charge on any atom is 0.168 e. The number of hydrogen-bond donors (Lipinski definition) is 0. The van der Waals surface area contributed by atoms with Crippen LogP contribution in [0.1, 0.15) is 68.9 Å². The van der Waals surface area contributed by atoms with Crippen molar-refractivity contribution in [3.05, 3.63) is 28.8 Å². The van der Waals surface area contributed by atoms with Crippen LogP contribution in [-0.4, -0.2) is 24.7 Å². The molecule has 1 fully saturated rings. The summed E-state index contributed by atoms with van der Waals surface area (Å²) in [5.74, 6) is 1.47. The largest absolute Gasteiger partial charge is 0.381 e. The second-order valence-corrected chi connectivity index (χ2v) is 9.66. The highest BCUT2D eigenvalue weighted by Crippen LogP contribution is 2.46. The van der Waals surface area contributed by atoms with E-state index in [4.69, 9.17) is 4.74 Å². The molecule has 23 heavy (non-hydrogen) atoms. The van der Waals surface area contributed by atoms with Gasteiger partial charge in [-0.05, 0) is 52.7 Å². The van der Waals surface area contributed by atoms with Gasteiger partial charge in [0.15, 0.2) is 5.78 Å². The van der Waals surface area contributed by atoms with Crippen LogP contribution in [-0.2, 0) is 15.6 Å². The van der Waals surface area contributed by atoms with Crippen LogP contribution in [0.25, 0.3) is 0 Å². The van der Waals surface area contributed by atoms with E-state index in [-0.39, 0.29) is 22.5 Å². The molecule has 126 valence electrons. The number of thioether (sulfide) groups is 1. The van der Waals surface area contributed by atoms with Crippen molar-refractivity contribution < 1.29 is 9.53 Å². The fourth-order valence-electron chi connectivity index (χ4n) is 3.51. The number of fused-ring (bicyclic) bond motifs is 1. The van der Waals surface area contributed by atoms with E-state index in [0.29, 0.717) is 6.61 Å². The Kier molecular flexibility index (Phi) is 4.39. The zero-order valence-corrected chi connectivity index (χ0v) is 15.8. The van der Waals surface area contributed by atoms with Crippen molar-refractivity contribution in [1.82, 2.24) is 0 Å². The van der Waals surface area contributed by atoms with E-state index in [2.05, 4.69) is 46.8 Å². The fraction of sp³-hybridized carbons (Fsp3) is 0.650. The zero-order valence-electron chi connectivity index (χ0n) is 15.0. The highest BCUT2D eigenvalue weighted by Gasteiger charge is 2.34. The first kappa shape index (κ1) is 17.0. The SMILES string of the molecule is CC(C)(C)c1cc(C(=O)C2CCOC2)cc2c1SCCC2(C)C. The monoisotopic (exact) mass is 332 g/mol. The van der Waals surface area contributed by atoms with Crippen LogP contribution in [0.2, 0.25) is 0 Å². The van der Waals surface area contributed by atoms with Crippen molar-refractivity contribution >= 4 is 17.5 Å². The molecule has 1 unspecified atom stereocenters. The number of benzene rings is 1. The quantitative estimate of drug-likeness (QED) is 0.715. The van der Waals surface area contributed by atoms with Crippen molar-refractivity contribution in [3.8, 4) is 0 Å². The van der Waals surface area contributed by atoms with Crippen molar-refractivity contribution in [1.29, 1.82) is 0 Å². The number of carbonyl (C=O) groups excluding carboxylic acids is 1. The van der Waals surface area contributed by atoms with E-state index >= 15 is 0 Å². The Bertz CT molecular complexity index is 602. The summed E-state index contributed by atoms with van der Waals surface area (Å²) in [6, 6.07) is 4.34. The molecule has 0 aromatic heterocycles. The van der Waals surface area contributed by atoms with Crippen molar-refractivity contribution in [2.75, 3.05) is 19.0 Å². The number of ketones is 1. The van der Waals surface area contributed by atoms with E-state index in [1.54, 1.807) is 0 Å². The first-order valence-electron chi connectivity index (χ1n) is 8.64. The molecule has 3 heteroatoms. The second kappa shape index (κ2) is 5.93. The summed E-state index contributed by atoms with van der Waals surface area (Å²) in [4.78, 5) is 14.3. The summed E-state index contributed by atoms with van der Waals surface area (Å²) in [5, 5.41) is 0. The van der Waals surface area contributed by atoms with Gasteiger partial charge in [-0.2, -0.15) is 0 Å². The summed E-state index contributed by atoms with van der Waals surface area (Å²) in [5.41, 5.74) is 3.77. The van der Waals surface area contributed by atoms with E-state index < -0.39 is 0 Å². The Labute approximate surface area is 144 Å². The standard InChI is InChI=1S/C20H28O2S/c1-19(2,3)15-10-14(17(21)13-6-8-22-12-13)11-16-18(15)23-9-7-20(16,4)5/h10-11,13H,6-9,12H2,1-5H3. The third kappa shape index (κ3) is 3.23. The van der Waals surface area contributed by atoms with Gasteiger partial charge >= 0.3 is 0 Å². The lowest BCUT2D eigenvalue weighted by Gasteiger charge is -2.36. The van der Waals surface area contributed by atoms with Gasteiger partial charge < -0.3 is 4.74 Å². The smallest absolute Gasteiger partial charge is 0.168 e. The Hall–Kier alpha value is -0.800. The van der Waals surface area contributed by atoms with Crippen LogP contribution >= 0.6 is 11.8 Å². The van der Waals surface area contributed by atoms with Gasteiger partial charge in [-0.1, -0.05) is 34.6 Å². The maximum atomic E-state index is 12.9. The molecule has 0 aliphatic carbocycles. The Morgan fingerprint density at radius 1 is 1.30 bits per heavy atom. The van der Waals surface area contributed by atoms with Crippen LogP contribution < -0.4 is 0 Å². The van der Waals surface area contributed by atoms with Gasteiger partial charge in [0.05, 0.1) is 6.61 Å². The predicted octanol–water partition coefficient (Wildman–Crippen LogP) is 4.98. The maximum absolute atomic E-state index is 12.9. The molecule has 1 saturated heterocycles. The highest BCUT2D eigenvalue weighted by atomic mass is 32.2. The minimum atomic E-state index is 0.0419. The first-order chi connectivity index (χ1) is 10.7. The molecule has 2 aliphatic rings. The van der Waals surface area contributed by atoms with Gasteiger partial charge in [0.1, 0.15) is 0 Å². The molecule has 2 aliphatic heterocycles. The minimum Gasteiger partial charge on any atom is -0.381 e. The molecule has 0 N–H and O–H groups in total. The lowest BCUT2D eigenvalue weighted by molar-refractivity contribution is 0.0900. The first-order valence-corrected chi connectivity index (χ1v) is 9.62. The molecule has 0 amide bonds. The Morgan fingerprint density at radius 3 is 2.65 bits per heavy atom. The summed E-state index contributed by atoms with van der Waals surface area (Å²) < 4.78 is 5.43. The zero-order chi connectivity index (χ0) is 16.8. The molecule has 3 rings (SSSR count). The third-order valence-corrected chi connectivity index (χ3v) is 6.32. The van der Waals surface area contributed by atoms with Gasteiger partial charge in [0.25, 0.3) is 0 Å². The average molecular weight is 333 g/mol. The second-order valence-electron chi connectivity index (χ2n) is 8.56. The van der Waals surface area contributed by atoms with Gasteiger partial charge in [0.2, 0.25) is 0 Å². The van der Waals surface area contributed by atoms with E-state index in [1.165, 1.54) is 22.4 Å². The molecule has 2 nitrogen and oxygen atoms in total. The molecule has 2 heterocycles. The lowest BCUT2D eigenvalue weighted by atomic mass is 9.76. The van der Waals surface area contributed by atoms with Crippen LogP contribution in [0.15, 0.2) is 17.0 Å². The summed E-state index contributed by atoms with van der Waals surface area (Å²) in [6.45, 7) is 12.7. The normalized spacial score (nSPS) is 23.6. The number of ether oxygens (including phenoxy) is 1. The van der Waals surface area contributed by atoms with Crippen molar-refractivity contribution in [3.63, 3.8) is 0 Å². The molecule has 1 atom stereocenters. The van der Waals surface area contributed by atoms with E-state index in [1.807, 2.05) is 11.8 Å². The number of Topliss-reactive ketones (excluding diaryl/α,β-unsaturated/α-hetero) is 1. The summed E-state index contributed by atoms with van der Waals surface area (Å²) >= 11 is 1.96. The molecule has 0 spiro atoms. The molecule has 1 aromatic rings. The van der Waals surface area contributed by atoms with Gasteiger partial charge in [-0.25, -0.2) is 0 Å². The molecular formula is C20H28O2S. The molecule has 0 bridgehead atoms. The molecular weight excluding hydrogens is 304 g/mol. The van der Waals surface area contributed by atoms with E-state index in [0.717, 1.165) is 24.3 Å². The van der Waals surface area contributed by atoms with Crippen LogP contribution in [0, 0.1) is 5.92 Å². The predicted molar refractivity (Wildman–Crippen MR) is 96.8 cm³/mol. The summed E-state index contributed by atoms with van der Waals surface area (Å²) in [6.07, 6.45) is 2.03. The van der Waals surface area contributed by atoms with Gasteiger partial charge in [-0.3, -0.25) is 4.79 Å². The van der Waals surface area contributed by atoms with Crippen LogP contribution in [0.4, 0.5) is 0 Å². The minimum absolute atomic E-state index is 0.0419. The van der Waals surface area contributed by atoms with Crippen molar-refractivity contribution in [2.45, 2.75) is 63.2 Å². The molecule has 1 aromatic carbocycles. The van der Waals surface area contributed by atoms with Crippen LogP contribution in [0.3, 0.4) is 0 Å².